The Morgan fingerprint density at radius 1 is 0.800 bits per heavy atom. The van der Waals surface area contributed by atoms with Crippen LogP contribution in [0, 0.1) is 31.1 Å². The molecule has 0 aromatic rings. The minimum Gasteiger partial charge on any atom is -0.0762 e. The van der Waals surface area contributed by atoms with Crippen molar-refractivity contribution in [2.75, 3.05) is 0 Å². The van der Waals surface area contributed by atoms with Crippen LogP contribution in [0.1, 0.15) is 0 Å². The first-order valence-corrected chi connectivity index (χ1v) is 3.07. The van der Waals surface area contributed by atoms with Gasteiger partial charge in [0, 0.05) is 11.8 Å². The molecule has 1 heteroatoms. The summed E-state index contributed by atoms with van der Waals surface area (Å²) in [4.78, 5) is 0. The summed E-state index contributed by atoms with van der Waals surface area (Å²) in [6.07, 6.45) is 14.7. The fourth-order valence-electron chi connectivity index (χ4n) is 1.07. The first-order valence-electron chi connectivity index (χ1n) is 3.07. The average molecular weight is 122 g/mol. The third kappa shape index (κ3) is 1.39. The molecule has 0 atom stereocenters. The summed E-state index contributed by atoms with van der Waals surface area (Å²) in [5.41, 5.74) is 0. The average Bonchev–Trinajstić information content (AvgIpc) is 2.33. The van der Waals surface area contributed by atoms with Gasteiger partial charge in [-0.3, -0.25) is 0 Å². The van der Waals surface area contributed by atoms with E-state index in [4.69, 9.17) is 0 Å². The molecule has 2 rings (SSSR count). The summed E-state index contributed by atoms with van der Waals surface area (Å²) in [5.74, 6) is 2.66. The van der Waals surface area contributed by atoms with Crippen molar-refractivity contribution in [3.8, 4) is 0 Å². The predicted octanol–water partition coefficient (Wildman–Crippen LogP) is -1.11. The van der Waals surface area contributed by atoms with E-state index < -0.39 is 0 Å². The normalized spacial score (nSPS) is 24.4. The first kappa shape index (κ1) is 8.18. The largest absolute Gasteiger partial charge is 1.00 e. The Hall–Kier alpha value is 0.0774. The first-order chi connectivity index (χ1) is 4.47. The van der Waals surface area contributed by atoms with Gasteiger partial charge in [0.1, 0.15) is 0 Å². The summed E-state index contributed by atoms with van der Waals surface area (Å²) < 4.78 is 0. The van der Waals surface area contributed by atoms with Crippen molar-refractivity contribution in [3.63, 3.8) is 0 Å². The number of rotatable bonds is 0. The Balaban J connectivity index is 0.000000500. The van der Waals surface area contributed by atoms with E-state index >= 15 is 0 Å². The molecule has 0 bridgehead atoms. The van der Waals surface area contributed by atoms with Crippen LogP contribution in [-0.4, -0.2) is 0 Å². The van der Waals surface area contributed by atoms with Crippen LogP contribution in [0.15, 0.2) is 24.3 Å². The molecule has 1 fully saturated rings. The topological polar surface area (TPSA) is 0 Å². The second-order valence-corrected chi connectivity index (χ2v) is 2.15. The molecule has 0 spiro atoms. The van der Waals surface area contributed by atoms with E-state index in [-0.39, 0.29) is 18.9 Å². The van der Waals surface area contributed by atoms with Crippen LogP contribution in [0.25, 0.3) is 0 Å². The van der Waals surface area contributed by atoms with Crippen LogP contribution < -0.4 is 18.9 Å². The monoisotopic (exact) mass is 122 g/mol. The molecule has 0 amide bonds. The van der Waals surface area contributed by atoms with Gasteiger partial charge < -0.3 is 0 Å². The van der Waals surface area contributed by atoms with Crippen LogP contribution in [0.3, 0.4) is 0 Å². The molecule has 1 saturated carbocycles. The molecule has 0 aromatic carbocycles. The van der Waals surface area contributed by atoms with Crippen molar-refractivity contribution in [2.45, 2.75) is 0 Å². The molecule has 2 aliphatic carbocycles. The summed E-state index contributed by atoms with van der Waals surface area (Å²) in [7, 11) is 0. The summed E-state index contributed by atoms with van der Waals surface area (Å²) in [6.45, 7) is 0. The van der Waals surface area contributed by atoms with Gasteiger partial charge in [0.15, 0.2) is 0 Å². The second kappa shape index (κ2) is 3.46. The summed E-state index contributed by atoms with van der Waals surface area (Å²) in [5, 5.41) is 0. The summed E-state index contributed by atoms with van der Waals surface area (Å²) >= 11 is 0. The van der Waals surface area contributed by atoms with Gasteiger partial charge in [0.2, 0.25) is 0 Å². The maximum atomic E-state index is 2.12. The molecular formula is C9H7Li+. The number of hydrogen-bond acceptors (Lipinski definition) is 0. The second-order valence-electron chi connectivity index (χ2n) is 2.15. The molecule has 0 unspecified atom stereocenters. The summed E-state index contributed by atoms with van der Waals surface area (Å²) in [6, 6.07) is 0. The Morgan fingerprint density at radius 2 is 1.30 bits per heavy atom. The molecule has 0 heterocycles. The Bertz CT molecular complexity index is 140. The van der Waals surface area contributed by atoms with Gasteiger partial charge in [-0.15, -0.1) is 0 Å². The zero-order valence-electron chi connectivity index (χ0n) is 6.04. The van der Waals surface area contributed by atoms with E-state index in [1.807, 2.05) is 0 Å². The van der Waals surface area contributed by atoms with Crippen LogP contribution in [0.2, 0.25) is 0 Å². The van der Waals surface area contributed by atoms with Crippen molar-refractivity contribution >= 4 is 0 Å². The number of allylic oxidation sites excluding steroid dienone is 4. The molecule has 2 aliphatic rings. The molecule has 5 radical (unpaired) electrons. The van der Waals surface area contributed by atoms with Crippen LogP contribution in [0.4, 0.5) is 0 Å². The molecule has 0 N–H and O–H groups in total. The van der Waals surface area contributed by atoms with Crippen LogP contribution >= 0.6 is 0 Å². The van der Waals surface area contributed by atoms with E-state index in [9.17, 15) is 0 Å². The molecule has 0 aromatic heterocycles. The maximum Gasteiger partial charge on any atom is 1.00 e. The van der Waals surface area contributed by atoms with Crippen molar-refractivity contribution in [1.29, 1.82) is 0 Å². The fraction of sp³-hybridized carbons (Fsp3) is 0. The molecule has 0 nitrogen and oxygen atoms in total. The van der Waals surface area contributed by atoms with Crippen LogP contribution in [-0.2, 0) is 0 Å². The molecular weight excluding hydrogens is 115 g/mol. The number of hydrogen-bond donors (Lipinski definition) is 0. The minimum absolute atomic E-state index is 0. The SMILES string of the molecule is [CH]1[CH][C]2C=CC=C[C]2[CH]1.[Li+]. The Labute approximate surface area is 74.6 Å². The van der Waals surface area contributed by atoms with Crippen molar-refractivity contribution in [1.82, 2.24) is 0 Å². The van der Waals surface area contributed by atoms with Crippen molar-refractivity contribution in [2.24, 2.45) is 0 Å². The van der Waals surface area contributed by atoms with Gasteiger partial charge in [0.25, 0.3) is 0 Å². The van der Waals surface area contributed by atoms with Gasteiger partial charge in [-0.1, -0.05) is 24.3 Å². The van der Waals surface area contributed by atoms with E-state index in [0.717, 1.165) is 0 Å². The fourth-order valence-corrected chi connectivity index (χ4v) is 1.07. The smallest absolute Gasteiger partial charge is 0.0762 e. The predicted molar refractivity (Wildman–Crippen MR) is 37.7 cm³/mol. The van der Waals surface area contributed by atoms with E-state index in [0.29, 0.717) is 0 Å². The standard InChI is InChI=1S/C9H7.Li/c1-2-5-9-7-3-6-8(9)4-1;/h1-7H;/q;+1. The van der Waals surface area contributed by atoms with Gasteiger partial charge in [-0.25, -0.2) is 0 Å². The van der Waals surface area contributed by atoms with E-state index in [1.54, 1.807) is 0 Å². The van der Waals surface area contributed by atoms with Gasteiger partial charge in [-0.2, -0.15) is 0 Å². The minimum atomic E-state index is 0. The maximum absolute atomic E-state index is 2.12. The zero-order chi connectivity index (χ0) is 6.10. The Kier molecular flexibility index (Phi) is 2.83. The van der Waals surface area contributed by atoms with Gasteiger partial charge >= 0.3 is 18.9 Å². The van der Waals surface area contributed by atoms with Crippen molar-refractivity contribution < 1.29 is 18.9 Å². The molecule has 0 saturated heterocycles. The Morgan fingerprint density at radius 3 is 1.80 bits per heavy atom. The number of fused-ring (bicyclic) bond motifs is 1. The van der Waals surface area contributed by atoms with E-state index in [2.05, 4.69) is 43.6 Å². The zero-order valence-corrected chi connectivity index (χ0v) is 6.04. The third-order valence-corrected chi connectivity index (χ3v) is 1.55. The molecule has 43 valence electrons. The van der Waals surface area contributed by atoms with E-state index in [1.165, 1.54) is 11.8 Å². The van der Waals surface area contributed by atoms with Gasteiger partial charge in [-0.05, 0) is 19.3 Å². The quantitative estimate of drug-likeness (QED) is 0.357. The third-order valence-electron chi connectivity index (χ3n) is 1.55. The van der Waals surface area contributed by atoms with Gasteiger partial charge in [0.05, 0.1) is 0 Å². The van der Waals surface area contributed by atoms with Crippen molar-refractivity contribution in [3.05, 3.63) is 55.4 Å². The molecule has 0 aliphatic heterocycles. The van der Waals surface area contributed by atoms with Crippen LogP contribution in [0.5, 0.6) is 0 Å². The molecule has 10 heavy (non-hydrogen) atoms.